The molecule has 7 heteroatoms. The molecule has 0 unspecified atom stereocenters. The molecular weight excluding hydrogens is 482 g/mol. The number of rotatable bonds is 8. The number of hydrogen-bond donors (Lipinski definition) is 2. The second kappa shape index (κ2) is 9.75. The van der Waals surface area contributed by atoms with Crippen molar-refractivity contribution >= 4 is 33.5 Å². The van der Waals surface area contributed by atoms with Gasteiger partial charge in [0, 0.05) is 28.7 Å². The molecule has 0 saturated carbocycles. The topological polar surface area (TPSA) is 85.8 Å². The van der Waals surface area contributed by atoms with Gasteiger partial charge in [-0.25, -0.2) is 4.99 Å². The lowest BCUT2D eigenvalue weighted by molar-refractivity contribution is 0.0753. The van der Waals surface area contributed by atoms with Gasteiger partial charge in [-0.3, -0.25) is 9.59 Å². The van der Waals surface area contributed by atoms with Gasteiger partial charge in [-0.15, -0.1) is 0 Å². The minimum absolute atomic E-state index is 0.00773. The molecular formula is C26H26BrN3O3. The number of fused-ring (bicyclic) bond motifs is 1. The number of amides is 2. The first-order chi connectivity index (χ1) is 15.9. The summed E-state index contributed by atoms with van der Waals surface area (Å²) < 4.78 is 0.914. The van der Waals surface area contributed by atoms with Crippen molar-refractivity contribution in [1.82, 2.24) is 9.88 Å². The number of unbranched alkanes of at least 4 members (excludes halogenated alkanes) is 1. The first-order valence-corrected chi connectivity index (χ1v) is 12.0. The number of hydrogen-bond acceptors (Lipinski definition) is 3. The number of nitrogens with zero attached hydrogens (tertiary/aromatic N) is 2. The molecule has 2 aromatic carbocycles. The van der Waals surface area contributed by atoms with Gasteiger partial charge in [-0.1, -0.05) is 60.5 Å². The summed E-state index contributed by atoms with van der Waals surface area (Å²) in [6.07, 6.45) is 2.91. The monoisotopic (exact) mass is 507 g/mol. The first-order valence-electron chi connectivity index (χ1n) is 11.2. The minimum Gasteiger partial charge on any atom is -0.494 e. The van der Waals surface area contributed by atoms with E-state index in [4.69, 9.17) is 0 Å². The second-order valence-electron chi connectivity index (χ2n) is 8.09. The van der Waals surface area contributed by atoms with Gasteiger partial charge in [-0.2, -0.15) is 0 Å². The normalized spacial score (nSPS) is 12.6. The van der Waals surface area contributed by atoms with Crippen LogP contribution in [0.2, 0.25) is 0 Å². The molecule has 0 bridgehead atoms. The predicted molar refractivity (Wildman–Crippen MR) is 133 cm³/mol. The Morgan fingerprint density at radius 3 is 2.27 bits per heavy atom. The summed E-state index contributed by atoms with van der Waals surface area (Å²) in [6.45, 7) is 5.65. The highest BCUT2D eigenvalue weighted by molar-refractivity contribution is 9.10. The molecule has 2 heterocycles. The van der Waals surface area contributed by atoms with Crippen LogP contribution in [0.15, 0.2) is 58.0 Å². The van der Waals surface area contributed by atoms with Crippen molar-refractivity contribution in [3.63, 3.8) is 0 Å². The third-order valence-corrected chi connectivity index (χ3v) is 6.27. The zero-order valence-electron chi connectivity index (χ0n) is 18.7. The Morgan fingerprint density at radius 1 is 0.970 bits per heavy atom. The molecule has 6 nitrogen and oxygen atoms in total. The van der Waals surface area contributed by atoms with Crippen LogP contribution >= 0.6 is 15.9 Å². The lowest BCUT2D eigenvalue weighted by atomic mass is 9.99. The van der Waals surface area contributed by atoms with Gasteiger partial charge < -0.3 is 15.0 Å². The fourth-order valence-corrected chi connectivity index (χ4v) is 4.34. The van der Waals surface area contributed by atoms with Crippen molar-refractivity contribution in [3.8, 4) is 17.1 Å². The summed E-state index contributed by atoms with van der Waals surface area (Å²) in [5.41, 5.74) is 3.76. The molecule has 0 aliphatic carbocycles. The number of carbonyl (C=O) groups is 2. The van der Waals surface area contributed by atoms with Crippen molar-refractivity contribution < 1.29 is 14.7 Å². The number of nitrogens with one attached hydrogen (secondary N) is 1. The van der Waals surface area contributed by atoms with Gasteiger partial charge >= 0.3 is 0 Å². The van der Waals surface area contributed by atoms with E-state index in [0.29, 0.717) is 33.7 Å². The lowest BCUT2D eigenvalue weighted by Crippen LogP contribution is -2.32. The average Bonchev–Trinajstić information content (AvgIpc) is 3.35. The summed E-state index contributed by atoms with van der Waals surface area (Å²) in [5.74, 6) is -0.488. The van der Waals surface area contributed by atoms with E-state index >= 15 is 0 Å². The summed E-state index contributed by atoms with van der Waals surface area (Å²) >= 11 is 3.40. The Kier molecular flexibility index (Phi) is 6.79. The van der Waals surface area contributed by atoms with Crippen molar-refractivity contribution in [1.29, 1.82) is 0 Å². The number of benzene rings is 2. The number of aromatic amines is 1. The Bertz CT molecular complexity index is 1210. The molecule has 0 spiro atoms. The molecule has 1 aliphatic rings. The molecule has 2 amide bonds. The van der Waals surface area contributed by atoms with Crippen LogP contribution < -0.4 is 0 Å². The predicted octanol–water partition coefficient (Wildman–Crippen LogP) is 5.79. The van der Waals surface area contributed by atoms with Crippen LogP contribution in [0.5, 0.6) is 5.88 Å². The van der Waals surface area contributed by atoms with Crippen molar-refractivity contribution in [2.75, 3.05) is 13.1 Å². The SMILES string of the molecule is CCCCN(CCC)C(=O)c1ccc(-c2[nH]c(O)c3c2C(=O)N=C3c2ccc(Br)cc2)cc1. The molecule has 0 saturated heterocycles. The third kappa shape index (κ3) is 4.50. The van der Waals surface area contributed by atoms with E-state index in [-0.39, 0.29) is 11.8 Å². The second-order valence-corrected chi connectivity index (χ2v) is 9.01. The number of aromatic hydroxyl groups is 1. The highest BCUT2D eigenvalue weighted by Crippen LogP contribution is 2.38. The number of carbonyl (C=O) groups excluding carboxylic acids is 2. The van der Waals surface area contributed by atoms with Gasteiger partial charge in [0.05, 0.1) is 22.5 Å². The maximum Gasteiger partial charge on any atom is 0.280 e. The van der Waals surface area contributed by atoms with Crippen LogP contribution in [0, 0.1) is 0 Å². The van der Waals surface area contributed by atoms with Crippen molar-refractivity contribution in [2.24, 2.45) is 4.99 Å². The Balaban J connectivity index is 1.64. The number of H-pyrrole nitrogens is 1. The molecule has 0 fully saturated rings. The van der Waals surface area contributed by atoms with Crippen molar-refractivity contribution in [3.05, 3.63) is 75.3 Å². The van der Waals surface area contributed by atoms with Crippen LogP contribution in [-0.2, 0) is 0 Å². The molecule has 1 aromatic heterocycles. The number of halogens is 1. The minimum atomic E-state index is -0.400. The van der Waals surface area contributed by atoms with E-state index in [1.807, 2.05) is 29.2 Å². The van der Waals surface area contributed by atoms with Crippen LogP contribution in [0.1, 0.15) is 65.0 Å². The molecule has 3 aromatic rings. The van der Waals surface area contributed by atoms with Crippen molar-refractivity contribution in [2.45, 2.75) is 33.1 Å². The van der Waals surface area contributed by atoms with Gasteiger partial charge in [0.25, 0.3) is 11.8 Å². The maximum atomic E-state index is 13.0. The molecule has 170 valence electrons. The van der Waals surface area contributed by atoms with E-state index in [1.165, 1.54) is 0 Å². The zero-order chi connectivity index (χ0) is 23.5. The Hall–Kier alpha value is -3.19. The summed E-state index contributed by atoms with van der Waals surface area (Å²) in [4.78, 5) is 34.8. The van der Waals surface area contributed by atoms with Crippen LogP contribution in [0.25, 0.3) is 11.3 Å². The van der Waals surface area contributed by atoms with E-state index in [0.717, 1.165) is 42.4 Å². The third-order valence-electron chi connectivity index (χ3n) is 5.74. The fourth-order valence-electron chi connectivity index (χ4n) is 4.07. The molecule has 1 aliphatic heterocycles. The molecule has 0 radical (unpaired) electrons. The van der Waals surface area contributed by atoms with E-state index in [9.17, 15) is 14.7 Å². The summed E-state index contributed by atoms with van der Waals surface area (Å²) in [6, 6.07) is 14.6. The largest absolute Gasteiger partial charge is 0.494 e. The molecule has 2 N–H and O–H groups in total. The Morgan fingerprint density at radius 2 is 1.64 bits per heavy atom. The molecule has 33 heavy (non-hydrogen) atoms. The molecule has 0 atom stereocenters. The highest BCUT2D eigenvalue weighted by atomic mass is 79.9. The van der Waals surface area contributed by atoms with Gasteiger partial charge in [-0.05, 0) is 42.7 Å². The average molecular weight is 508 g/mol. The van der Waals surface area contributed by atoms with E-state index in [2.05, 4.69) is 39.8 Å². The summed E-state index contributed by atoms with van der Waals surface area (Å²) in [5, 5.41) is 10.6. The number of aliphatic imine (C=N–C) groups is 1. The van der Waals surface area contributed by atoms with Crippen LogP contribution in [0.4, 0.5) is 0 Å². The van der Waals surface area contributed by atoms with Gasteiger partial charge in [0.2, 0.25) is 0 Å². The van der Waals surface area contributed by atoms with E-state index < -0.39 is 5.91 Å². The van der Waals surface area contributed by atoms with E-state index in [1.54, 1.807) is 24.3 Å². The smallest absolute Gasteiger partial charge is 0.280 e. The molecule has 4 rings (SSSR count). The lowest BCUT2D eigenvalue weighted by Gasteiger charge is -2.22. The zero-order valence-corrected chi connectivity index (χ0v) is 20.3. The summed E-state index contributed by atoms with van der Waals surface area (Å²) in [7, 11) is 0. The van der Waals surface area contributed by atoms with Gasteiger partial charge in [0.15, 0.2) is 5.88 Å². The highest BCUT2D eigenvalue weighted by Gasteiger charge is 2.33. The quantitative estimate of drug-likeness (QED) is 0.404. The maximum absolute atomic E-state index is 13.0. The van der Waals surface area contributed by atoms with Crippen LogP contribution in [-0.4, -0.2) is 45.6 Å². The fraction of sp³-hybridized carbons (Fsp3) is 0.269. The standard InChI is InChI=1S/C26H26BrN3O3/c1-3-5-15-30(14-4-2)26(33)18-8-6-16(7-9-18)22-20-21(25(32)28-22)23(29-24(20)31)17-10-12-19(27)13-11-17/h6-13,28,32H,3-5,14-15H2,1-2H3. The van der Waals surface area contributed by atoms with Crippen LogP contribution in [0.3, 0.4) is 0 Å². The first kappa shape index (κ1) is 23.0. The number of aromatic nitrogens is 1. The Labute approximate surface area is 201 Å². The van der Waals surface area contributed by atoms with Gasteiger partial charge in [0.1, 0.15) is 0 Å².